The van der Waals surface area contributed by atoms with Crippen molar-refractivity contribution < 1.29 is 22.7 Å². The van der Waals surface area contributed by atoms with E-state index in [2.05, 4.69) is 37.7 Å². The number of β-amino-alcohol motifs (C(OH)–C–C–N with tert-alkyl or cyclic N) is 1. The van der Waals surface area contributed by atoms with Gasteiger partial charge in [-0.2, -0.15) is 15.1 Å². The molecule has 1 fully saturated rings. The molecule has 0 spiro atoms. The Balaban J connectivity index is 2.03. The number of fused-ring (bicyclic) bond motifs is 3. The fraction of sp³-hybridized carbons (Fsp3) is 0.533. The first-order valence-corrected chi connectivity index (χ1v) is 11.1. The number of sulfone groups is 1. The number of rotatable bonds is 2. The average molecular weight is 507 g/mol. The van der Waals surface area contributed by atoms with Gasteiger partial charge in [0.25, 0.3) is 5.16 Å². The summed E-state index contributed by atoms with van der Waals surface area (Å²) >= 11 is 2.10. The summed E-state index contributed by atoms with van der Waals surface area (Å²) in [5, 5.41) is 15.2. The first kappa shape index (κ1) is 18.8. The third-order valence-electron chi connectivity index (χ3n) is 4.29. The van der Waals surface area contributed by atoms with Crippen molar-refractivity contribution in [2.75, 3.05) is 37.5 Å². The van der Waals surface area contributed by atoms with E-state index >= 15 is 0 Å². The van der Waals surface area contributed by atoms with Crippen LogP contribution in [0.1, 0.15) is 6.92 Å². The zero-order chi connectivity index (χ0) is 19.6. The normalized spacial score (nSPS) is 21.9. The maximum Gasteiger partial charge on any atom is 0.252 e. The van der Waals surface area contributed by atoms with Gasteiger partial charge in [0.2, 0.25) is 15.6 Å². The van der Waals surface area contributed by atoms with Crippen LogP contribution in [0.3, 0.4) is 0 Å². The third-order valence-corrected chi connectivity index (χ3v) is 6.32. The van der Waals surface area contributed by atoms with Crippen LogP contribution in [0.5, 0.6) is 0 Å². The predicted molar refractivity (Wildman–Crippen MR) is 106 cm³/mol. The van der Waals surface area contributed by atoms with Crippen LogP contribution in [0.25, 0.3) is 22.2 Å². The summed E-state index contributed by atoms with van der Waals surface area (Å²) in [5.74, 6) is 0.361. The molecule has 27 heavy (non-hydrogen) atoms. The van der Waals surface area contributed by atoms with Crippen molar-refractivity contribution in [3.8, 4) is 0 Å². The Hall–Kier alpha value is -1.51. The van der Waals surface area contributed by atoms with Crippen LogP contribution in [-0.4, -0.2) is 71.4 Å². The Morgan fingerprint density at radius 1 is 1.33 bits per heavy atom. The van der Waals surface area contributed by atoms with E-state index in [9.17, 15) is 13.5 Å². The number of anilines is 1. The lowest BCUT2D eigenvalue weighted by atomic mass is 10.1. The third kappa shape index (κ3) is 3.28. The number of furan rings is 1. The van der Waals surface area contributed by atoms with Gasteiger partial charge in [-0.25, -0.2) is 8.42 Å². The van der Waals surface area contributed by atoms with E-state index in [0.29, 0.717) is 35.5 Å². The maximum absolute atomic E-state index is 12.1. The maximum atomic E-state index is 12.1. The number of nitrogens with zero attached hydrogens (tertiary/aromatic N) is 5. The largest absolute Gasteiger partial charge is 0.433 e. The molecule has 0 unspecified atom stereocenters. The van der Waals surface area contributed by atoms with Gasteiger partial charge in [0.1, 0.15) is 26.0 Å². The van der Waals surface area contributed by atoms with Gasteiger partial charge in [0.05, 0.1) is 19.8 Å². The minimum Gasteiger partial charge on any atom is -0.433 e. The van der Waals surface area contributed by atoms with E-state index in [1.807, 2.05) is 0 Å². The van der Waals surface area contributed by atoms with Gasteiger partial charge in [-0.1, -0.05) is 0 Å². The second kappa shape index (κ2) is 6.25. The molecule has 4 heterocycles. The number of halogens is 1. The second-order valence-electron chi connectivity index (χ2n) is 6.95. The van der Waals surface area contributed by atoms with Gasteiger partial charge >= 0.3 is 0 Å². The van der Waals surface area contributed by atoms with E-state index in [1.165, 1.54) is 0 Å². The highest BCUT2D eigenvalue weighted by Crippen LogP contribution is 2.36. The predicted octanol–water partition coefficient (Wildman–Crippen LogP) is 0.705. The standard InChI is InChI=1S/C15H18IN5O5S/c1-15(22)6-21(4-5-25-7-15)12-8-9-10(11(16)20(2)19-9)26-13(8)18-14(17-12)27(3,23)24/h22H,4-7H2,1-3H3/t15-/m0/s1. The molecular weight excluding hydrogens is 489 g/mol. The molecule has 1 N–H and O–H groups in total. The lowest BCUT2D eigenvalue weighted by molar-refractivity contribution is -0.0123. The van der Waals surface area contributed by atoms with E-state index in [-0.39, 0.29) is 24.0 Å². The van der Waals surface area contributed by atoms with Crippen molar-refractivity contribution in [1.82, 2.24) is 19.7 Å². The molecule has 1 aliphatic rings. The molecule has 10 nitrogen and oxygen atoms in total. The van der Waals surface area contributed by atoms with Crippen molar-refractivity contribution in [2.45, 2.75) is 17.7 Å². The first-order chi connectivity index (χ1) is 12.6. The number of hydrogen-bond acceptors (Lipinski definition) is 9. The minimum atomic E-state index is -3.66. The quantitative estimate of drug-likeness (QED) is 0.395. The van der Waals surface area contributed by atoms with E-state index in [4.69, 9.17) is 9.15 Å². The highest BCUT2D eigenvalue weighted by molar-refractivity contribution is 14.1. The summed E-state index contributed by atoms with van der Waals surface area (Å²) in [4.78, 5) is 10.2. The van der Waals surface area contributed by atoms with Crippen LogP contribution in [0.2, 0.25) is 0 Å². The molecule has 3 aromatic rings. The van der Waals surface area contributed by atoms with Crippen LogP contribution < -0.4 is 4.90 Å². The minimum absolute atomic E-state index is 0.154. The van der Waals surface area contributed by atoms with Crippen LogP contribution in [0.15, 0.2) is 9.57 Å². The smallest absolute Gasteiger partial charge is 0.252 e. The first-order valence-electron chi connectivity index (χ1n) is 8.15. The zero-order valence-corrected chi connectivity index (χ0v) is 17.9. The fourth-order valence-electron chi connectivity index (χ4n) is 3.10. The SMILES string of the molecule is Cn1nc2c(oc3nc(S(C)(=O)=O)nc(N4CCOC[C@@](C)(O)C4)c32)c1I. The monoisotopic (exact) mass is 507 g/mol. The number of aliphatic hydroxyl groups is 1. The van der Waals surface area contributed by atoms with Crippen molar-refractivity contribution in [1.29, 1.82) is 0 Å². The topological polar surface area (TPSA) is 124 Å². The van der Waals surface area contributed by atoms with Crippen molar-refractivity contribution in [2.24, 2.45) is 7.05 Å². The molecule has 0 bridgehead atoms. The molecule has 146 valence electrons. The fourth-order valence-corrected chi connectivity index (χ4v) is 4.08. The number of ether oxygens (including phenoxy) is 1. The van der Waals surface area contributed by atoms with Crippen molar-refractivity contribution >= 4 is 60.4 Å². The molecule has 1 saturated heterocycles. The summed E-state index contributed by atoms with van der Waals surface area (Å²) in [6, 6.07) is 0. The van der Waals surface area contributed by atoms with Crippen LogP contribution in [0.4, 0.5) is 5.82 Å². The van der Waals surface area contributed by atoms with Gasteiger partial charge in [0, 0.05) is 19.8 Å². The molecule has 4 rings (SSSR count). The number of aromatic nitrogens is 4. The van der Waals surface area contributed by atoms with Crippen molar-refractivity contribution in [3.63, 3.8) is 0 Å². The van der Waals surface area contributed by atoms with Gasteiger partial charge in [0.15, 0.2) is 5.58 Å². The Bertz CT molecular complexity index is 1150. The number of aryl methyl sites for hydroxylation is 1. The molecule has 1 aliphatic heterocycles. The molecule has 12 heteroatoms. The summed E-state index contributed by atoms with van der Waals surface area (Å²) in [6.07, 6.45) is 1.05. The van der Waals surface area contributed by atoms with E-state index < -0.39 is 15.4 Å². The Morgan fingerprint density at radius 2 is 2.07 bits per heavy atom. The molecule has 1 atom stereocenters. The molecule has 0 aliphatic carbocycles. The highest BCUT2D eigenvalue weighted by atomic mass is 127. The summed E-state index contributed by atoms with van der Waals surface area (Å²) in [5.41, 5.74) is 0.116. The summed E-state index contributed by atoms with van der Waals surface area (Å²) < 4.78 is 37.9. The zero-order valence-electron chi connectivity index (χ0n) is 14.9. The molecule has 0 saturated carbocycles. The van der Waals surface area contributed by atoms with Crippen LogP contribution in [0, 0.1) is 3.70 Å². The van der Waals surface area contributed by atoms with E-state index in [1.54, 1.807) is 23.6 Å². The number of hydrogen-bond donors (Lipinski definition) is 1. The molecule has 3 aromatic heterocycles. The molecular formula is C15H18IN5O5S. The summed E-state index contributed by atoms with van der Waals surface area (Å²) in [7, 11) is -1.87. The van der Waals surface area contributed by atoms with E-state index in [0.717, 1.165) is 9.96 Å². The van der Waals surface area contributed by atoms with Crippen molar-refractivity contribution in [3.05, 3.63) is 3.70 Å². The Kier molecular flexibility index (Phi) is 4.36. The Morgan fingerprint density at radius 3 is 2.78 bits per heavy atom. The summed E-state index contributed by atoms with van der Waals surface area (Å²) in [6.45, 7) is 2.87. The lowest BCUT2D eigenvalue weighted by Gasteiger charge is -2.28. The van der Waals surface area contributed by atoms with Gasteiger partial charge in [-0.15, -0.1) is 0 Å². The van der Waals surface area contributed by atoms with Gasteiger partial charge < -0.3 is 19.2 Å². The molecule has 0 radical (unpaired) electrons. The molecule has 0 aromatic carbocycles. The van der Waals surface area contributed by atoms with Gasteiger partial charge in [-0.05, 0) is 29.5 Å². The van der Waals surface area contributed by atoms with Crippen LogP contribution >= 0.6 is 22.6 Å². The average Bonchev–Trinajstić information content (AvgIpc) is 2.97. The lowest BCUT2D eigenvalue weighted by Crippen LogP contribution is -2.42. The van der Waals surface area contributed by atoms with Crippen LogP contribution in [-0.2, 0) is 21.6 Å². The molecule has 0 amide bonds. The highest BCUT2D eigenvalue weighted by Gasteiger charge is 2.32. The van der Waals surface area contributed by atoms with Gasteiger partial charge in [-0.3, -0.25) is 4.68 Å². The second-order valence-corrected chi connectivity index (χ2v) is 9.88. The Labute approximate surface area is 168 Å².